The average molecular weight is 389 g/mol. The number of anilines is 1. The van der Waals surface area contributed by atoms with Crippen LogP contribution in [0.1, 0.15) is 10.4 Å². The monoisotopic (exact) mass is 388 g/mol. The number of thioether (sulfide) groups is 1. The Labute approximate surface area is 157 Å². The van der Waals surface area contributed by atoms with E-state index in [1.54, 1.807) is 0 Å². The SMILES string of the molecule is O=C(CSc1nnnn1-c1ccccc1)Nc1ccc(Cl)c(C(=O)[O-])c1. The molecule has 0 fully saturated rings. The molecular formula is C16H11ClN5O3S-. The number of aromatic nitrogens is 4. The van der Waals surface area contributed by atoms with Gasteiger partial charge >= 0.3 is 0 Å². The average Bonchev–Trinajstić information content (AvgIpc) is 3.11. The Balaban J connectivity index is 1.65. The second-order valence-electron chi connectivity index (χ2n) is 5.03. The molecule has 2 aromatic carbocycles. The zero-order valence-electron chi connectivity index (χ0n) is 13.1. The second kappa shape index (κ2) is 7.98. The molecule has 26 heavy (non-hydrogen) atoms. The van der Waals surface area contributed by atoms with Gasteiger partial charge in [0, 0.05) is 16.3 Å². The van der Waals surface area contributed by atoms with Crippen LogP contribution >= 0.6 is 23.4 Å². The number of amides is 1. The summed E-state index contributed by atoms with van der Waals surface area (Å²) in [5.41, 5.74) is 0.892. The molecule has 0 aliphatic carbocycles. The zero-order chi connectivity index (χ0) is 18.5. The summed E-state index contributed by atoms with van der Waals surface area (Å²) in [5, 5.41) is 25.5. The number of nitrogens with zero attached hydrogens (tertiary/aromatic N) is 4. The van der Waals surface area contributed by atoms with Crippen molar-refractivity contribution in [3.63, 3.8) is 0 Å². The third-order valence-electron chi connectivity index (χ3n) is 3.24. The number of benzene rings is 2. The van der Waals surface area contributed by atoms with Gasteiger partial charge in [-0.05, 0) is 40.8 Å². The number of hydrogen-bond donors (Lipinski definition) is 1. The Morgan fingerprint density at radius 2 is 1.96 bits per heavy atom. The number of carbonyl (C=O) groups is 2. The van der Waals surface area contributed by atoms with Crippen LogP contribution in [0.15, 0.2) is 53.7 Å². The minimum Gasteiger partial charge on any atom is -0.545 e. The van der Waals surface area contributed by atoms with Crippen molar-refractivity contribution in [3.8, 4) is 5.69 Å². The predicted octanol–water partition coefficient (Wildman–Crippen LogP) is 1.41. The Kier molecular flexibility index (Phi) is 5.49. The van der Waals surface area contributed by atoms with Crippen LogP contribution in [0.25, 0.3) is 5.69 Å². The van der Waals surface area contributed by atoms with Gasteiger partial charge in [-0.25, -0.2) is 0 Å². The number of carboxylic acids is 1. The number of carboxylic acid groups (broad SMARTS) is 1. The highest BCUT2D eigenvalue weighted by Gasteiger charge is 2.12. The Morgan fingerprint density at radius 1 is 1.19 bits per heavy atom. The van der Waals surface area contributed by atoms with Crippen molar-refractivity contribution >= 4 is 40.9 Å². The molecule has 0 atom stereocenters. The van der Waals surface area contributed by atoms with Gasteiger partial charge in [-0.1, -0.05) is 41.6 Å². The lowest BCUT2D eigenvalue weighted by atomic mass is 10.2. The highest BCUT2D eigenvalue weighted by molar-refractivity contribution is 7.99. The van der Waals surface area contributed by atoms with E-state index in [0.29, 0.717) is 10.8 Å². The summed E-state index contributed by atoms with van der Waals surface area (Å²) in [6.07, 6.45) is 0. The summed E-state index contributed by atoms with van der Waals surface area (Å²) >= 11 is 6.92. The van der Waals surface area contributed by atoms with E-state index in [1.807, 2.05) is 30.3 Å². The van der Waals surface area contributed by atoms with E-state index in [9.17, 15) is 14.7 Å². The lowest BCUT2D eigenvalue weighted by Crippen LogP contribution is -2.23. The topological polar surface area (TPSA) is 113 Å². The van der Waals surface area contributed by atoms with Gasteiger partial charge in [-0.2, -0.15) is 4.68 Å². The van der Waals surface area contributed by atoms with E-state index >= 15 is 0 Å². The van der Waals surface area contributed by atoms with E-state index in [2.05, 4.69) is 20.8 Å². The molecular weight excluding hydrogens is 378 g/mol. The minimum absolute atomic E-state index is 0.0382. The largest absolute Gasteiger partial charge is 0.545 e. The lowest BCUT2D eigenvalue weighted by molar-refractivity contribution is -0.255. The number of rotatable bonds is 6. The molecule has 1 aromatic heterocycles. The fourth-order valence-corrected chi connectivity index (χ4v) is 2.97. The van der Waals surface area contributed by atoms with Crippen molar-refractivity contribution in [2.45, 2.75) is 5.16 Å². The van der Waals surface area contributed by atoms with Crippen molar-refractivity contribution in [1.82, 2.24) is 20.2 Å². The molecule has 0 radical (unpaired) electrons. The van der Waals surface area contributed by atoms with Crippen LogP contribution in [0.3, 0.4) is 0 Å². The number of carbonyl (C=O) groups excluding carboxylic acids is 2. The summed E-state index contributed by atoms with van der Waals surface area (Å²) in [6.45, 7) is 0. The normalized spacial score (nSPS) is 10.5. The Hall–Kier alpha value is -2.91. The highest BCUT2D eigenvalue weighted by atomic mass is 35.5. The van der Waals surface area contributed by atoms with Crippen LogP contribution in [-0.2, 0) is 4.79 Å². The summed E-state index contributed by atoms with van der Waals surface area (Å²) in [7, 11) is 0. The van der Waals surface area contributed by atoms with Gasteiger partial charge in [-0.15, -0.1) is 5.10 Å². The van der Waals surface area contributed by atoms with Crippen LogP contribution in [0.2, 0.25) is 5.02 Å². The van der Waals surface area contributed by atoms with Gasteiger partial charge in [0.15, 0.2) is 0 Å². The van der Waals surface area contributed by atoms with E-state index < -0.39 is 5.97 Å². The van der Waals surface area contributed by atoms with Crippen LogP contribution in [0.5, 0.6) is 0 Å². The minimum atomic E-state index is -1.41. The van der Waals surface area contributed by atoms with E-state index in [-0.39, 0.29) is 22.2 Å². The number of nitrogens with one attached hydrogen (secondary N) is 1. The number of aromatic carboxylic acids is 1. The molecule has 0 saturated heterocycles. The van der Waals surface area contributed by atoms with Gasteiger partial charge in [0.1, 0.15) is 0 Å². The molecule has 0 saturated carbocycles. The third kappa shape index (κ3) is 4.19. The van der Waals surface area contributed by atoms with Crippen molar-refractivity contribution in [2.75, 3.05) is 11.1 Å². The Morgan fingerprint density at radius 3 is 2.69 bits per heavy atom. The maximum absolute atomic E-state index is 12.1. The Bertz CT molecular complexity index is 948. The molecule has 132 valence electrons. The molecule has 0 aliphatic rings. The molecule has 0 bridgehead atoms. The van der Waals surface area contributed by atoms with Crippen LogP contribution in [0, 0.1) is 0 Å². The lowest BCUT2D eigenvalue weighted by Gasteiger charge is -2.09. The van der Waals surface area contributed by atoms with Crippen molar-refractivity contribution in [3.05, 3.63) is 59.1 Å². The molecule has 0 unspecified atom stereocenters. The second-order valence-corrected chi connectivity index (χ2v) is 6.38. The maximum atomic E-state index is 12.1. The van der Waals surface area contributed by atoms with Crippen LogP contribution in [0.4, 0.5) is 5.69 Å². The van der Waals surface area contributed by atoms with Gasteiger partial charge < -0.3 is 15.2 Å². The number of tetrazole rings is 1. The molecule has 0 aliphatic heterocycles. The summed E-state index contributed by atoms with van der Waals surface area (Å²) < 4.78 is 1.52. The standard InChI is InChI=1S/C16H12ClN5O3S/c17-13-7-6-10(8-12(13)15(24)25)18-14(23)9-26-16-19-20-21-22(16)11-4-2-1-3-5-11/h1-8H,9H2,(H,18,23)(H,24,25)/p-1. The summed E-state index contributed by atoms with van der Waals surface area (Å²) in [4.78, 5) is 23.1. The number of hydrogen-bond acceptors (Lipinski definition) is 7. The highest BCUT2D eigenvalue weighted by Crippen LogP contribution is 2.21. The van der Waals surface area contributed by atoms with Crippen molar-refractivity contribution in [1.29, 1.82) is 0 Å². The zero-order valence-corrected chi connectivity index (χ0v) is 14.7. The van der Waals surface area contributed by atoms with Crippen molar-refractivity contribution < 1.29 is 14.7 Å². The fourth-order valence-electron chi connectivity index (χ4n) is 2.09. The molecule has 10 heteroatoms. The van der Waals surface area contributed by atoms with Crippen molar-refractivity contribution in [2.24, 2.45) is 0 Å². The first-order chi connectivity index (χ1) is 12.5. The molecule has 1 N–H and O–H groups in total. The molecule has 3 rings (SSSR count). The molecule has 1 amide bonds. The third-order valence-corrected chi connectivity index (χ3v) is 4.49. The first-order valence-corrected chi connectivity index (χ1v) is 8.68. The van der Waals surface area contributed by atoms with Crippen LogP contribution in [-0.4, -0.2) is 37.8 Å². The van der Waals surface area contributed by atoms with Gasteiger partial charge in [0.05, 0.1) is 17.4 Å². The first-order valence-electron chi connectivity index (χ1n) is 7.32. The van der Waals surface area contributed by atoms with Crippen LogP contribution < -0.4 is 10.4 Å². The molecule has 0 spiro atoms. The summed E-state index contributed by atoms with van der Waals surface area (Å²) in [5.74, 6) is -1.72. The van der Waals surface area contributed by atoms with E-state index in [1.165, 1.54) is 22.9 Å². The van der Waals surface area contributed by atoms with E-state index in [0.717, 1.165) is 17.4 Å². The van der Waals surface area contributed by atoms with Gasteiger partial charge in [0.2, 0.25) is 11.1 Å². The molecule has 3 aromatic rings. The van der Waals surface area contributed by atoms with E-state index in [4.69, 9.17) is 11.6 Å². The summed E-state index contributed by atoms with van der Waals surface area (Å²) in [6, 6.07) is 13.4. The molecule has 8 nitrogen and oxygen atoms in total. The molecule has 1 heterocycles. The predicted molar refractivity (Wildman–Crippen MR) is 94.3 cm³/mol. The number of para-hydroxylation sites is 1. The van der Waals surface area contributed by atoms with Gasteiger partial charge in [0.25, 0.3) is 0 Å². The van der Waals surface area contributed by atoms with Gasteiger partial charge in [-0.3, -0.25) is 4.79 Å². The first kappa shape index (κ1) is 17.9. The quantitative estimate of drug-likeness (QED) is 0.635. The smallest absolute Gasteiger partial charge is 0.234 e. The number of halogens is 1. The fraction of sp³-hybridized carbons (Fsp3) is 0.0625. The maximum Gasteiger partial charge on any atom is 0.234 e.